The highest BCUT2D eigenvalue weighted by molar-refractivity contribution is 5.38. The van der Waals surface area contributed by atoms with E-state index in [-0.39, 0.29) is 17.6 Å². The Kier molecular flexibility index (Phi) is 4.09. The van der Waals surface area contributed by atoms with Crippen molar-refractivity contribution in [1.29, 1.82) is 0 Å². The SMILES string of the molecule is Cc1cccc(Oc2c(CC(C)N)c(C)nn2C)c1F. The first-order chi connectivity index (χ1) is 9.40. The number of nitrogens with zero attached hydrogens (tertiary/aromatic N) is 2. The normalized spacial score (nSPS) is 12.5. The van der Waals surface area contributed by atoms with Crippen LogP contribution in [0.1, 0.15) is 23.7 Å². The number of hydrogen-bond donors (Lipinski definition) is 1. The van der Waals surface area contributed by atoms with Gasteiger partial charge in [0.05, 0.1) is 5.69 Å². The zero-order valence-electron chi connectivity index (χ0n) is 12.3. The summed E-state index contributed by atoms with van der Waals surface area (Å²) in [6, 6.07) is 5.07. The molecular formula is C15H20FN3O. The topological polar surface area (TPSA) is 53.1 Å². The second kappa shape index (κ2) is 5.63. The van der Waals surface area contributed by atoms with Crippen LogP contribution in [0.5, 0.6) is 11.6 Å². The van der Waals surface area contributed by atoms with Crippen molar-refractivity contribution in [3.05, 3.63) is 40.8 Å². The van der Waals surface area contributed by atoms with E-state index in [1.54, 1.807) is 36.9 Å². The summed E-state index contributed by atoms with van der Waals surface area (Å²) < 4.78 is 21.4. The van der Waals surface area contributed by atoms with Gasteiger partial charge in [-0.2, -0.15) is 5.10 Å². The molecule has 0 spiro atoms. The quantitative estimate of drug-likeness (QED) is 0.935. The molecule has 0 saturated heterocycles. The van der Waals surface area contributed by atoms with Crippen LogP contribution in [0, 0.1) is 19.7 Å². The molecule has 5 heteroatoms. The van der Waals surface area contributed by atoms with Crippen molar-refractivity contribution in [2.24, 2.45) is 12.8 Å². The lowest BCUT2D eigenvalue weighted by atomic mass is 10.1. The zero-order valence-corrected chi connectivity index (χ0v) is 12.3. The number of benzene rings is 1. The minimum Gasteiger partial charge on any atom is -0.436 e. The van der Waals surface area contributed by atoms with Gasteiger partial charge < -0.3 is 10.5 Å². The van der Waals surface area contributed by atoms with Gasteiger partial charge in [0.1, 0.15) is 0 Å². The fraction of sp³-hybridized carbons (Fsp3) is 0.400. The largest absolute Gasteiger partial charge is 0.436 e. The molecule has 2 N–H and O–H groups in total. The Bertz CT molecular complexity index is 620. The highest BCUT2D eigenvalue weighted by atomic mass is 19.1. The molecule has 108 valence electrons. The van der Waals surface area contributed by atoms with Crippen LogP contribution in [0.15, 0.2) is 18.2 Å². The van der Waals surface area contributed by atoms with Gasteiger partial charge in [-0.05, 0) is 38.8 Å². The molecule has 20 heavy (non-hydrogen) atoms. The number of rotatable bonds is 4. The maximum Gasteiger partial charge on any atom is 0.221 e. The first kappa shape index (κ1) is 14.5. The highest BCUT2D eigenvalue weighted by Gasteiger charge is 2.18. The molecule has 2 aromatic rings. The monoisotopic (exact) mass is 277 g/mol. The second-order valence-corrected chi connectivity index (χ2v) is 5.16. The molecule has 1 aromatic carbocycles. The van der Waals surface area contributed by atoms with E-state index in [2.05, 4.69) is 5.10 Å². The average molecular weight is 277 g/mol. The minimum absolute atomic E-state index is 0.0115. The summed E-state index contributed by atoms with van der Waals surface area (Å²) in [7, 11) is 1.78. The highest BCUT2D eigenvalue weighted by Crippen LogP contribution is 2.30. The van der Waals surface area contributed by atoms with Crippen LogP contribution in [-0.4, -0.2) is 15.8 Å². The van der Waals surface area contributed by atoms with Gasteiger partial charge in [-0.25, -0.2) is 9.07 Å². The lowest BCUT2D eigenvalue weighted by molar-refractivity contribution is 0.397. The predicted octanol–water partition coefficient (Wildman–Crippen LogP) is 2.86. The Morgan fingerprint density at radius 2 is 2.10 bits per heavy atom. The van der Waals surface area contributed by atoms with Crippen LogP contribution >= 0.6 is 0 Å². The molecule has 0 fully saturated rings. The van der Waals surface area contributed by atoms with Gasteiger partial charge >= 0.3 is 0 Å². The van der Waals surface area contributed by atoms with Gasteiger partial charge in [0.25, 0.3) is 0 Å². The van der Waals surface area contributed by atoms with E-state index in [1.165, 1.54) is 0 Å². The van der Waals surface area contributed by atoms with Gasteiger partial charge in [-0.15, -0.1) is 0 Å². The van der Waals surface area contributed by atoms with Crippen molar-refractivity contribution in [3.8, 4) is 11.6 Å². The van der Waals surface area contributed by atoms with E-state index in [1.807, 2.05) is 13.8 Å². The Morgan fingerprint density at radius 1 is 1.40 bits per heavy atom. The van der Waals surface area contributed by atoms with Gasteiger partial charge in [-0.3, -0.25) is 0 Å². The van der Waals surface area contributed by atoms with Gasteiger partial charge in [0.15, 0.2) is 11.6 Å². The molecule has 0 bridgehead atoms. The summed E-state index contributed by atoms with van der Waals surface area (Å²) in [4.78, 5) is 0. The molecule has 0 amide bonds. The van der Waals surface area contributed by atoms with E-state index in [4.69, 9.17) is 10.5 Å². The maximum atomic E-state index is 14.0. The summed E-state index contributed by atoms with van der Waals surface area (Å²) in [6.45, 7) is 5.53. The van der Waals surface area contributed by atoms with Crippen molar-refractivity contribution in [2.75, 3.05) is 0 Å². The molecule has 4 nitrogen and oxygen atoms in total. The standard InChI is InChI=1S/C15H20FN3O/c1-9-6-5-7-13(14(9)16)20-15-12(8-10(2)17)11(3)18-19(15)4/h5-7,10H,8,17H2,1-4H3. The fourth-order valence-electron chi connectivity index (χ4n) is 2.17. The van der Waals surface area contributed by atoms with Crippen LogP contribution < -0.4 is 10.5 Å². The number of ether oxygens (including phenoxy) is 1. The predicted molar refractivity (Wildman–Crippen MR) is 76.5 cm³/mol. The summed E-state index contributed by atoms with van der Waals surface area (Å²) in [5, 5.41) is 4.33. The number of hydrogen-bond acceptors (Lipinski definition) is 3. The molecular weight excluding hydrogens is 257 g/mol. The van der Waals surface area contributed by atoms with Crippen LogP contribution in [-0.2, 0) is 13.5 Å². The van der Waals surface area contributed by atoms with Crippen LogP contribution in [0.2, 0.25) is 0 Å². The molecule has 1 atom stereocenters. The van der Waals surface area contributed by atoms with Crippen molar-refractivity contribution in [2.45, 2.75) is 33.2 Å². The van der Waals surface area contributed by atoms with E-state index in [9.17, 15) is 4.39 Å². The second-order valence-electron chi connectivity index (χ2n) is 5.16. The van der Waals surface area contributed by atoms with Crippen LogP contribution in [0.25, 0.3) is 0 Å². The number of aromatic nitrogens is 2. The third kappa shape index (κ3) is 2.82. The molecule has 0 saturated carbocycles. The maximum absolute atomic E-state index is 14.0. The van der Waals surface area contributed by atoms with Gasteiger partial charge in [0.2, 0.25) is 5.88 Å². The van der Waals surface area contributed by atoms with E-state index in [0.717, 1.165) is 11.3 Å². The smallest absolute Gasteiger partial charge is 0.221 e. The minimum atomic E-state index is -0.349. The van der Waals surface area contributed by atoms with Gasteiger partial charge in [-0.1, -0.05) is 12.1 Å². The van der Waals surface area contributed by atoms with E-state index >= 15 is 0 Å². The lowest BCUT2D eigenvalue weighted by Gasteiger charge is -2.11. The first-order valence-electron chi connectivity index (χ1n) is 6.61. The Balaban J connectivity index is 2.40. The van der Waals surface area contributed by atoms with Crippen LogP contribution in [0.4, 0.5) is 4.39 Å². The van der Waals surface area contributed by atoms with E-state index < -0.39 is 0 Å². The molecule has 0 aliphatic heterocycles. The molecule has 1 unspecified atom stereocenters. The third-order valence-corrected chi connectivity index (χ3v) is 3.18. The van der Waals surface area contributed by atoms with E-state index in [0.29, 0.717) is 17.9 Å². The molecule has 1 heterocycles. The summed E-state index contributed by atoms with van der Waals surface area (Å²) in [5.41, 5.74) is 8.18. The Hall–Kier alpha value is -1.88. The molecule has 2 rings (SSSR count). The average Bonchev–Trinajstić information content (AvgIpc) is 2.61. The van der Waals surface area contributed by atoms with Crippen LogP contribution in [0.3, 0.4) is 0 Å². The van der Waals surface area contributed by atoms with Crippen molar-refractivity contribution in [3.63, 3.8) is 0 Å². The van der Waals surface area contributed by atoms with Crippen molar-refractivity contribution in [1.82, 2.24) is 9.78 Å². The van der Waals surface area contributed by atoms with Crippen molar-refractivity contribution >= 4 is 0 Å². The zero-order chi connectivity index (χ0) is 14.9. The third-order valence-electron chi connectivity index (χ3n) is 3.18. The summed E-state index contributed by atoms with van der Waals surface area (Å²) in [5.74, 6) is 0.404. The molecule has 0 aliphatic carbocycles. The summed E-state index contributed by atoms with van der Waals surface area (Å²) >= 11 is 0. The molecule has 0 aliphatic rings. The number of nitrogens with two attached hydrogens (primary N) is 1. The molecule has 0 radical (unpaired) electrons. The molecule has 1 aromatic heterocycles. The number of halogens is 1. The first-order valence-corrected chi connectivity index (χ1v) is 6.61. The Labute approximate surface area is 118 Å². The Morgan fingerprint density at radius 3 is 2.75 bits per heavy atom. The lowest BCUT2D eigenvalue weighted by Crippen LogP contribution is -2.18. The van der Waals surface area contributed by atoms with Crippen molar-refractivity contribution < 1.29 is 9.13 Å². The summed E-state index contributed by atoms with van der Waals surface area (Å²) in [6.07, 6.45) is 0.641. The number of aryl methyl sites for hydroxylation is 3. The van der Waals surface area contributed by atoms with Gasteiger partial charge in [0, 0.05) is 18.7 Å². The fourth-order valence-corrected chi connectivity index (χ4v) is 2.17.